The molecule has 0 aliphatic carbocycles. The smallest absolute Gasteiger partial charge is 0.246 e. The molecule has 1 N–H and O–H groups in total. The lowest BCUT2D eigenvalue weighted by molar-refractivity contribution is -0.917. The van der Waals surface area contributed by atoms with E-state index in [9.17, 15) is 9.18 Å². The summed E-state index contributed by atoms with van der Waals surface area (Å²) in [7, 11) is 0. The van der Waals surface area contributed by atoms with Gasteiger partial charge in [0, 0.05) is 11.6 Å². The first-order valence-electron chi connectivity index (χ1n) is 9.12. The molecular weight excluding hydrogens is 347 g/mol. The first-order valence-corrected chi connectivity index (χ1v) is 9.12. The summed E-state index contributed by atoms with van der Waals surface area (Å²) in [5, 5.41) is 0. The van der Waals surface area contributed by atoms with Gasteiger partial charge >= 0.3 is 0 Å². The van der Waals surface area contributed by atoms with E-state index in [2.05, 4.69) is 6.07 Å². The quantitative estimate of drug-likeness (QED) is 0.831. The van der Waals surface area contributed by atoms with Crippen molar-refractivity contribution in [3.63, 3.8) is 0 Å². The molecule has 2 heterocycles. The number of carbonyl (C=O) groups excluding carboxylic acids is 1. The molecule has 2 aromatic carbocycles. The molecule has 0 spiro atoms. The summed E-state index contributed by atoms with van der Waals surface area (Å²) in [6.07, 6.45) is 3.19. The van der Waals surface area contributed by atoms with Crippen molar-refractivity contribution in [2.24, 2.45) is 0 Å². The molecule has 2 aliphatic rings. The van der Waals surface area contributed by atoms with Crippen molar-refractivity contribution >= 4 is 12.0 Å². The zero-order valence-electron chi connectivity index (χ0n) is 15.0. The molecule has 0 saturated carbocycles. The van der Waals surface area contributed by atoms with E-state index >= 15 is 0 Å². The van der Waals surface area contributed by atoms with Crippen molar-refractivity contribution in [1.82, 2.24) is 4.90 Å². The molecule has 6 heteroatoms. The lowest BCUT2D eigenvalue weighted by Crippen LogP contribution is -3.13. The molecule has 0 aromatic heterocycles. The van der Waals surface area contributed by atoms with Crippen LogP contribution in [0, 0.1) is 5.82 Å². The van der Waals surface area contributed by atoms with Crippen LogP contribution in [-0.2, 0) is 11.3 Å². The predicted octanol–water partition coefficient (Wildman–Crippen LogP) is 1.49. The number of benzene rings is 2. The van der Waals surface area contributed by atoms with E-state index in [-0.39, 0.29) is 18.5 Å². The van der Waals surface area contributed by atoms with E-state index in [1.807, 2.05) is 17.0 Å². The number of piperazine rings is 1. The zero-order chi connectivity index (χ0) is 18.6. The number of amides is 1. The fourth-order valence-electron chi connectivity index (χ4n) is 3.44. The van der Waals surface area contributed by atoms with Gasteiger partial charge in [-0.3, -0.25) is 4.79 Å². The zero-order valence-corrected chi connectivity index (χ0v) is 15.0. The molecule has 0 radical (unpaired) electrons. The number of fused-ring (bicyclic) bond motifs is 1. The van der Waals surface area contributed by atoms with Crippen molar-refractivity contribution in [2.75, 3.05) is 33.0 Å². The van der Waals surface area contributed by atoms with Gasteiger partial charge < -0.3 is 19.3 Å². The Morgan fingerprint density at radius 1 is 1.11 bits per heavy atom. The van der Waals surface area contributed by atoms with E-state index < -0.39 is 0 Å². The number of hydrogen-bond acceptors (Lipinski definition) is 3. The first-order chi connectivity index (χ1) is 13.2. The Bertz CT molecular complexity index is 860. The molecule has 0 unspecified atom stereocenters. The number of nitrogens with one attached hydrogen (secondary N) is 1. The minimum atomic E-state index is -0.301. The Labute approximate surface area is 157 Å². The second-order valence-corrected chi connectivity index (χ2v) is 6.83. The average molecular weight is 369 g/mol. The van der Waals surface area contributed by atoms with Crippen LogP contribution < -0.4 is 14.4 Å². The van der Waals surface area contributed by atoms with Crippen LogP contribution >= 0.6 is 0 Å². The highest BCUT2D eigenvalue weighted by atomic mass is 19.1. The third-order valence-corrected chi connectivity index (χ3v) is 4.94. The van der Waals surface area contributed by atoms with Gasteiger partial charge in [-0.1, -0.05) is 12.1 Å². The SMILES string of the molecule is O=C(/C=C/c1cccc(F)c1)N1CC[NH+](Cc2ccc3c(c2)OCO3)CC1. The molecular formula is C21H22FN2O3+. The number of hydrogen-bond donors (Lipinski definition) is 1. The molecule has 1 amide bonds. The maximum absolute atomic E-state index is 13.2. The number of carbonyl (C=O) groups is 1. The van der Waals surface area contributed by atoms with Gasteiger partial charge in [-0.15, -0.1) is 0 Å². The van der Waals surface area contributed by atoms with Gasteiger partial charge in [-0.05, 0) is 42.0 Å². The van der Waals surface area contributed by atoms with E-state index in [4.69, 9.17) is 9.47 Å². The summed E-state index contributed by atoms with van der Waals surface area (Å²) < 4.78 is 24.0. The highest BCUT2D eigenvalue weighted by Gasteiger charge is 2.23. The maximum atomic E-state index is 13.2. The van der Waals surface area contributed by atoms with Gasteiger partial charge in [-0.25, -0.2) is 4.39 Å². The second-order valence-electron chi connectivity index (χ2n) is 6.83. The molecule has 1 fully saturated rings. The summed E-state index contributed by atoms with van der Waals surface area (Å²) in [4.78, 5) is 15.6. The van der Waals surface area contributed by atoms with Crippen molar-refractivity contribution in [3.8, 4) is 11.5 Å². The normalized spacial score (nSPS) is 16.9. The van der Waals surface area contributed by atoms with Crippen molar-refractivity contribution in [3.05, 3.63) is 65.5 Å². The van der Waals surface area contributed by atoms with Crippen molar-refractivity contribution in [2.45, 2.75) is 6.54 Å². The van der Waals surface area contributed by atoms with Gasteiger partial charge in [0.2, 0.25) is 12.7 Å². The maximum Gasteiger partial charge on any atom is 0.246 e. The van der Waals surface area contributed by atoms with Gasteiger partial charge in [0.15, 0.2) is 11.5 Å². The molecule has 2 aliphatic heterocycles. The monoisotopic (exact) mass is 369 g/mol. The lowest BCUT2D eigenvalue weighted by atomic mass is 10.1. The molecule has 1 saturated heterocycles. The van der Waals surface area contributed by atoms with Crippen LogP contribution in [0.2, 0.25) is 0 Å². The van der Waals surface area contributed by atoms with Gasteiger partial charge in [0.25, 0.3) is 0 Å². The predicted molar refractivity (Wildman–Crippen MR) is 99.0 cm³/mol. The third-order valence-electron chi connectivity index (χ3n) is 4.94. The lowest BCUT2D eigenvalue weighted by Gasteiger charge is -2.31. The fraction of sp³-hybridized carbons (Fsp3) is 0.286. The van der Waals surface area contributed by atoms with E-state index in [1.54, 1.807) is 18.2 Å². The van der Waals surface area contributed by atoms with Crippen LogP contribution in [0.3, 0.4) is 0 Å². The number of halogens is 1. The minimum absolute atomic E-state index is 0.0265. The van der Waals surface area contributed by atoms with Crippen LogP contribution in [-0.4, -0.2) is 43.8 Å². The minimum Gasteiger partial charge on any atom is -0.454 e. The number of ether oxygens (including phenoxy) is 2. The summed E-state index contributed by atoms with van der Waals surface area (Å²) >= 11 is 0. The molecule has 27 heavy (non-hydrogen) atoms. The fourth-order valence-corrected chi connectivity index (χ4v) is 3.44. The van der Waals surface area contributed by atoms with Crippen LogP contribution in [0.4, 0.5) is 4.39 Å². The Hall–Kier alpha value is -2.86. The standard InChI is InChI=1S/C21H21FN2O3/c22-18-3-1-2-16(12-18)5-7-21(25)24-10-8-23(9-11-24)14-17-4-6-19-20(13-17)27-15-26-19/h1-7,12-13H,8-11,14-15H2/p+1/b7-5+. The van der Waals surface area contributed by atoms with Gasteiger partial charge in [0.05, 0.1) is 26.2 Å². The molecule has 5 nitrogen and oxygen atoms in total. The van der Waals surface area contributed by atoms with Crippen LogP contribution in [0.5, 0.6) is 11.5 Å². The molecule has 0 bridgehead atoms. The summed E-state index contributed by atoms with van der Waals surface area (Å²) in [6, 6.07) is 12.3. The van der Waals surface area contributed by atoms with E-state index in [1.165, 1.54) is 28.7 Å². The molecule has 140 valence electrons. The largest absolute Gasteiger partial charge is 0.454 e. The molecule has 0 atom stereocenters. The Morgan fingerprint density at radius 2 is 1.93 bits per heavy atom. The second kappa shape index (κ2) is 7.80. The Kier molecular flexibility index (Phi) is 5.07. The summed E-state index contributed by atoms with van der Waals surface area (Å²) in [5.41, 5.74) is 1.90. The number of quaternary nitrogens is 1. The highest BCUT2D eigenvalue weighted by Crippen LogP contribution is 2.32. The van der Waals surface area contributed by atoms with E-state index in [0.29, 0.717) is 18.7 Å². The summed E-state index contributed by atoms with van der Waals surface area (Å²) in [5.74, 6) is 1.28. The number of nitrogens with zero attached hydrogens (tertiary/aromatic N) is 1. The molecule has 2 aromatic rings. The topological polar surface area (TPSA) is 43.2 Å². The Morgan fingerprint density at radius 3 is 2.74 bits per heavy atom. The number of rotatable bonds is 4. The van der Waals surface area contributed by atoms with Crippen LogP contribution in [0.25, 0.3) is 6.08 Å². The third kappa shape index (κ3) is 4.28. The molecule has 4 rings (SSSR count). The van der Waals surface area contributed by atoms with Crippen LogP contribution in [0.1, 0.15) is 11.1 Å². The van der Waals surface area contributed by atoms with Crippen molar-refractivity contribution in [1.29, 1.82) is 0 Å². The van der Waals surface area contributed by atoms with Crippen LogP contribution in [0.15, 0.2) is 48.5 Å². The van der Waals surface area contributed by atoms with Gasteiger partial charge in [-0.2, -0.15) is 0 Å². The van der Waals surface area contributed by atoms with E-state index in [0.717, 1.165) is 31.1 Å². The Balaban J connectivity index is 1.29. The van der Waals surface area contributed by atoms with Crippen molar-refractivity contribution < 1.29 is 23.6 Å². The first kappa shape index (κ1) is 17.5. The average Bonchev–Trinajstić information content (AvgIpc) is 3.15. The highest BCUT2D eigenvalue weighted by molar-refractivity contribution is 5.91. The summed E-state index contributed by atoms with van der Waals surface area (Å²) in [6.45, 7) is 4.41. The van der Waals surface area contributed by atoms with Gasteiger partial charge in [0.1, 0.15) is 12.4 Å².